The Labute approximate surface area is 360 Å². The molecule has 2 saturated heterocycles. The van der Waals surface area contributed by atoms with E-state index in [1.165, 1.54) is 39.0 Å². The van der Waals surface area contributed by atoms with Crippen LogP contribution in [0.5, 0.6) is 0 Å². The van der Waals surface area contributed by atoms with Crippen molar-refractivity contribution >= 4 is 17.8 Å². The smallest absolute Gasteiger partial charge is 0.407 e. The molecule has 13 heteroatoms. The van der Waals surface area contributed by atoms with E-state index < -0.39 is 83.6 Å². The van der Waals surface area contributed by atoms with Crippen molar-refractivity contribution < 1.29 is 48.7 Å². The SMILES string of the molecule is CC[C@H]1OC(=O)[C@H](C)[C@@H](C)[C@H](C)[C@@H](O[C@@H]2O[C@H](C)C[C@H](N(C)C)[C@H]2OC(=O)NCc2ccccc2)C(C)(O)C[C@@H](C)/C(=N\OCCCC2CCCCC2)[C@H](C)[C@@H](O)[C@]1(C)O. The summed E-state index contributed by atoms with van der Waals surface area (Å²) in [7, 11) is 3.84. The molecule has 0 radical (unpaired) electrons. The first-order chi connectivity index (χ1) is 28.3. The molecule has 1 unspecified atom stereocenters. The Bertz CT molecular complexity index is 1500. The summed E-state index contributed by atoms with van der Waals surface area (Å²) in [4.78, 5) is 35.3. The minimum absolute atomic E-state index is 0.122. The van der Waals surface area contributed by atoms with Gasteiger partial charge in [-0.15, -0.1) is 0 Å². The maximum absolute atomic E-state index is 13.9. The zero-order valence-electron chi connectivity index (χ0n) is 38.5. The Morgan fingerprint density at radius 1 is 0.983 bits per heavy atom. The van der Waals surface area contributed by atoms with Crippen LogP contribution < -0.4 is 5.32 Å². The van der Waals surface area contributed by atoms with Crippen LogP contribution >= 0.6 is 0 Å². The van der Waals surface area contributed by atoms with E-state index in [9.17, 15) is 24.9 Å². The van der Waals surface area contributed by atoms with Gasteiger partial charge >= 0.3 is 12.1 Å². The van der Waals surface area contributed by atoms with Crippen molar-refractivity contribution in [3.63, 3.8) is 0 Å². The summed E-state index contributed by atoms with van der Waals surface area (Å²) in [5.74, 6) is -2.60. The number of esters is 1. The molecule has 60 heavy (non-hydrogen) atoms. The molecule has 4 rings (SSSR count). The summed E-state index contributed by atoms with van der Waals surface area (Å²) in [5, 5.41) is 44.1. The first kappa shape index (κ1) is 49.8. The van der Waals surface area contributed by atoms with Crippen LogP contribution in [0.25, 0.3) is 0 Å². The van der Waals surface area contributed by atoms with Gasteiger partial charge in [0.05, 0.1) is 41.6 Å². The quantitative estimate of drug-likeness (QED) is 0.0952. The van der Waals surface area contributed by atoms with Crippen molar-refractivity contribution in [2.75, 3.05) is 20.7 Å². The van der Waals surface area contributed by atoms with Gasteiger partial charge in [-0.3, -0.25) is 4.79 Å². The fraction of sp³-hybridized carbons (Fsp3) is 0.809. The summed E-state index contributed by atoms with van der Waals surface area (Å²) in [6.07, 6.45) is 3.02. The van der Waals surface area contributed by atoms with Crippen molar-refractivity contribution in [1.29, 1.82) is 0 Å². The number of benzene rings is 1. The minimum atomic E-state index is -1.82. The monoisotopic (exact) mass is 846 g/mol. The predicted octanol–water partition coefficient (Wildman–Crippen LogP) is 7.23. The molecule has 0 aromatic heterocycles. The van der Waals surface area contributed by atoms with Crippen molar-refractivity contribution in [3.05, 3.63) is 35.9 Å². The van der Waals surface area contributed by atoms with Crippen LogP contribution in [-0.2, 0) is 35.1 Å². The number of nitrogens with one attached hydrogen (secondary N) is 1. The number of oxime groups is 1. The average Bonchev–Trinajstić information content (AvgIpc) is 3.21. The molecule has 13 nitrogen and oxygen atoms in total. The van der Waals surface area contributed by atoms with Gasteiger partial charge in [-0.1, -0.05) is 109 Å². The zero-order chi connectivity index (χ0) is 44.4. The van der Waals surface area contributed by atoms with Gasteiger partial charge in [0, 0.05) is 18.4 Å². The number of likely N-dealkylation sites (N-methyl/N-ethyl adjacent to an activating group) is 1. The molecule has 0 spiro atoms. The van der Waals surface area contributed by atoms with E-state index in [1.54, 1.807) is 20.8 Å². The Hall–Kier alpha value is -2.81. The largest absolute Gasteiger partial charge is 0.459 e. The number of ether oxygens (including phenoxy) is 4. The Kier molecular flexibility index (Phi) is 18.7. The zero-order valence-corrected chi connectivity index (χ0v) is 38.5. The molecule has 1 aromatic rings. The lowest BCUT2D eigenvalue weighted by Crippen LogP contribution is -2.60. The Balaban J connectivity index is 1.69. The number of nitrogens with zero attached hydrogens (tertiary/aromatic N) is 2. The number of carbonyl (C=O) groups is 2. The van der Waals surface area contributed by atoms with E-state index >= 15 is 0 Å². The molecule has 3 fully saturated rings. The number of hydrogen-bond acceptors (Lipinski definition) is 12. The van der Waals surface area contributed by atoms with Gasteiger partial charge in [-0.2, -0.15) is 0 Å². The number of rotatable bonds is 12. The van der Waals surface area contributed by atoms with E-state index in [1.807, 2.05) is 83.9 Å². The molecule has 2 aliphatic heterocycles. The Morgan fingerprint density at radius 3 is 2.28 bits per heavy atom. The third-order valence-electron chi connectivity index (χ3n) is 13.9. The highest BCUT2D eigenvalue weighted by Crippen LogP contribution is 2.40. The van der Waals surface area contributed by atoms with Gasteiger partial charge < -0.3 is 49.3 Å². The van der Waals surface area contributed by atoms with Gasteiger partial charge in [-0.25, -0.2) is 4.79 Å². The summed E-state index contributed by atoms with van der Waals surface area (Å²) in [5.41, 5.74) is -2.01. The number of cyclic esters (lactones) is 1. The fourth-order valence-electron chi connectivity index (χ4n) is 9.85. The fourth-order valence-corrected chi connectivity index (χ4v) is 9.85. The predicted molar refractivity (Wildman–Crippen MR) is 232 cm³/mol. The summed E-state index contributed by atoms with van der Waals surface area (Å²) in [6, 6.07) is 9.28. The number of aliphatic hydroxyl groups excluding tert-OH is 1. The van der Waals surface area contributed by atoms with E-state index in [4.69, 9.17) is 23.8 Å². The molecule has 2 heterocycles. The standard InChI is InChI=1S/C47H79N3O10/c1-12-38-47(9,55)41(51)34(7)39(49-56-25-19-24-35-20-15-13-16-21-35)29(2)27-46(8,54)42(32(5)31(4)33(6)43(52)58-38)60-44-40(37(50(10)11)26-30(3)57-44)59-45(53)48-28-36-22-17-14-18-23-36/h14,17-18,22-23,29-35,37-38,40-42,44,51,54-55H,12-13,15-16,19-21,24-28H2,1-11H3,(H,48,53)/b49-39+/t29-,30-,31+,32+,33-,34+,37+,38-,40-,41-,42-,44+,46?,47-/m1/s1. The number of aliphatic hydroxyl groups is 3. The molecular weight excluding hydrogens is 767 g/mol. The maximum Gasteiger partial charge on any atom is 0.407 e. The average molecular weight is 846 g/mol. The molecule has 14 atom stereocenters. The highest BCUT2D eigenvalue weighted by Gasteiger charge is 2.51. The van der Waals surface area contributed by atoms with Crippen LogP contribution in [0.1, 0.15) is 132 Å². The normalized spacial score (nSPS) is 38.5. The minimum Gasteiger partial charge on any atom is -0.459 e. The molecule has 1 aliphatic carbocycles. The van der Waals surface area contributed by atoms with Gasteiger partial charge in [0.1, 0.15) is 18.3 Å². The third-order valence-corrected chi connectivity index (χ3v) is 13.9. The van der Waals surface area contributed by atoms with E-state index in [0.717, 1.165) is 18.4 Å². The van der Waals surface area contributed by atoms with Crippen LogP contribution in [-0.4, -0.2) is 113 Å². The second kappa shape index (κ2) is 22.5. The maximum atomic E-state index is 13.9. The van der Waals surface area contributed by atoms with Crippen LogP contribution in [0, 0.1) is 35.5 Å². The van der Waals surface area contributed by atoms with Crippen molar-refractivity contribution in [1.82, 2.24) is 10.2 Å². The lowest BCUT2D eigenvalue weighted by molar-refractivity contribution is -0.296. The first-order valence-electron chi connectivity index (χ1n) is 22.8. The van der Waals surface area contributed by atoms with Crippen LogP contribution in [0.3, 0.4) is 0 Å². The number of alkyl carbamates (subject to hydrolysis) is 1. The molecule has 4 N–H and O–H groups in total. The lowest BCUT2D eigenvalue weighted by Gasteiger charge is -2.48. The lowest BCUT2D eigenvalue weighted by atomic mass is 9.72. The van der Waals surface area contributed by atoms with Crippen molar-refractivity contribution in [2.24, 2.45) is 40.7 Å². The molecule has 342 valence electrons. The summed E-state index contributed by atoms with van der Waals surface area (Å²) in [6.45, 7) is 17.0. The highest BCUT2D eigenvalue weighted by atomic mass is 16.7. The summed E-state index contributed by atoms with van der Waals surface area (Å²) < 4.78 is 25.6. The van der Waals surface area contributed by atoms with Crippen LogP contribution in [0.2, 0.25) is 0 Å². The third kappa shape index (κ3) is 13.1. The molecule has 1 aromatic carbocycles. The van der Waals surface area contributed by atoms with Crippen LogP contribution in [0.4, 0.5) is 4.79 Å². The molecule has 3 aliphatic rings. The Morgan fingerprint density at radius 2 is 1.65 bits per heavy atom. The number of hydrogen-bond donors (Lipinski definition) is 4. The molecule has 1 amide bonds. The number of amides is 1. The topological polar surface area (TPSA) is 169 Å². The highest BCUT2D eigenvalue weighted by molar-refractivity contribution is 5.88. The molecule has 0 bridgehead atoms. The second-order valence-corrected chi connectivity index (χ2v) is 19.1. The van der Waals surface area contributed by atoms with Gasteiger partial charge in [-0.05, 0) is 90.3 Å². The second-order valence-electron chi connectivity index (χ2n) is 19.1. The van der Waals surface area contributed by atoms with Crippen LogP contribution in [0.15, 0.2) is 35.5 Å². The first-order valence-corrected chi connectivity index (χ1v) is 22.8. The molecule has 1 saturated carbocycles. The van der Waals surface area contributed by atoms with Crippen molar-refractivity contribution in [2.45, 2.75) is 187 Å². The van der Waals surface area contributed by atoms with Gasteiger partial charge in [0.2, 0.25) is 0 Å². The van der Waals surface area contributed by atoms with Gasteiger partial charge in [0.25, 0.3) is 0 Å². The van der Waals surface area contributed by atoms with Gasteiger partial charge in [0.15, 0.2) is 12.4 Å². The molecular formula is C47H79N3O10. The van der Waals surface area contributed by atoms with E-state index in [-0.39, 0.29) is 31.5 Å². The van der Waals surface area contributed by atoms with E-state index in [0.29, 0.717) is 24.7 Å². The van der Waals surface area contributed by atoms with Crippen molar-refractivity contribution in [3.8, 4) is 0 Å². The summed E-state index contributed by atoms with van der Waals surface area (Å²) >= 11 is 0. The number of carbonyl (C=O) groups excluding carboxylic acids is 2. The van der Waals surface area contributed by atoms with E-state index in [2.05, 4.69) is 10.5 Å².